The van der Waals surface area contributed by atoms with Gasteiger partial charge in [0.15, 0.2) is 5.82 Å². The fourth-order valence-corrected chi connectivity index (χ4v) is 1.06. The van der Waals surface area contributed by atoms with Crippen molar-refractivity contribution in [2.45, 2.75) is 13.0 Å². The molecule has 0 amide bonds. The maximum atomic E-state index is 13.3. The van der Waals surface area contributed by atoms with Crippen LogP contribution in [-0.2, 0) is 6.54 Å². The van der Waals surface area contributed by atoms with E-state index in [-0.39, 0.29) is 12.2 Å². The molecule has 0 aliphatic carbocycles. The molecule has 1 aromatic heterocycles. The molecule has 0 aliphatic rings. The van der Waals surface area contributed by atoms with Crippen LogP contribution in [0, 0.1) is 5.82 Å². The Labute approximate surface area is 82.5 Å². The molecular formula is C8H7F3N2O2. The molecule has 15 heavy (non-hydrogen) atoms. The molecule has 0 aromatic carbocycles. The van der Waals surface area contributed by atoms with E-state index in [0.29, 0.717) is 6.20 Å². The minimum absolute atomic E-state index is 0.350. The van der Waals surface area contributed by atoms with E-state index >= 15 is 0 Å². The number of carbonyl (C=O) groups is 1. The predicted octanol–water partition coefficient (Wildman–Crippen LogP) is 1.32. The van der Waals surface area contributed by atoms with Crippen LogP contribution < -0.4 is 5.73 Å². The molecule has 0 fully saturated rings. The molecule has 0 saturated carbocycles. The van der Waals surface area contributed by atoms with Crippen LogP contribution in [0.4, 0.5) is 13.2 Å². The summed E-state index contributed by atoms with van der Waals surface area (Å²) >= 11 is 0. The van der Waals surface area contributed by atoms with Crippen LogP contribution >= 0.6 is 0 Å². The first kappa shape index (κ1) is 11.4. The first-order chi connectivity index (χ1) is 6.99. The van der Waals surface area contributed by atoms with Crippen molar-refractivity contribution in [3.05, 3.63) is 28.8 Å². The van der Waals surface area contributed by atoms with Crippen LogP contribution in [0.2, 0.25) is 0 Å². The van der Waals surface area contributed by atoms with Crippen molar-refractivity contribution in [2.24, 2.45) is 5.73 Å². The number of carboxylic acids is 1. The molecule has 1 aromatic rings. The molecule has 1 rings (SSSR count). The fraction of sp³-hybridized carbons (Fsp3) is 0.250. The van der Waals surface area contributed by atoms with E-state index in [2.05, 4.69) is 4.98 Å². The Morgan fingerprint density at radius 1 is 1.60 bits per heavy atom. The van der Waals surface area contributed by atoms with Gasteiger partial charge in [0.25, 0.3) is 6.43 Å². The molecule has 0 unspecified atom stereocenters. The Morgan fingerprint density at radius 3 is 2.60 bits per heavy atom. The Kier molecular flexibility index (Phi) is 3.25. The van der Waals surface area contributed by atoms with E-state index < -0.39 is 29.3 Å². The Bertz CT molecular complexity index is 396. The quantitative estimate of drug-likeness (QED) is 0.805. The van der Waals surface area contributed by atoms with Gasteiger partial charge in [0.05, 0.1) is 11.3 Å². The molecule has 4 nitrogen and oxygen atoms in total. The maximum absolute atomic E-state index is 13.3. The third-order valence-corrected chi connectivity index (χ3v) is 1.76. The molecule has 0 saturated heterocycles. The maximum Gasteiger partial charge on any atom is 0.339 e. The third-order valence-electron chi connectivity index (χ3n) is 1.76. The highest BCUT2D eigenvalue weighted by Gasteiger charge is 2.24. The number of aromatic carboxylic acids is 1. The van der Waals surface area contributed by atoms with Crippen LogP contribution in [0.3, 0.4) is 0 Å². The van der Waals surface area contributed by atoms with Gasteiger partial charge in [-0.05, 0) is 0 Å². The zero-order valence-corrected chi connectivity index (χ0v) is 7.38. The number of halogens is 3. The number of alkyl halides is 2. The second kappa shape index (κ2) is 4.26. The lowest BCUT2D eigenvalue weighted by Gasteiger charge is -2.07. The highest BCUT2D eigenvalue weighted by molar-refractivity contribution is 5.89. The van der Waals surface area contributed by atoms with Crippen molar-refractivity contribution in [1.82, 2.24) is 4.98 Å². The summed E-state index contributed by atoms with van der Waals surface area (Å²) in [6.07, 6.45) is -2.47. The Morgan fingerprint density at radius 2 is 2.20 bits per heavy atom. The molecule has 0 radical (unpaired) electrons. The molecule has 1 heterocycles. The van der Waals surface area contributed by atoms with Gasteiger partial charge in [0.1, 0.15) is 5.56 Å². The van der Waals surface area contributed by atoms with Gasteiger partial charge in [0, 0.05) is 12.7 Å². The number of carboxylic acid groups (broad SMARTS) is 1. The smallest absolute Gasteiger partial charge is 0.339 e. The van der Waals surface area contributed by atoms with E-state index in [1.54, 1.807) is 0 Å². The topological polar surface area (TPSA) is 76.2 Å². The van der Waals surface area contributed by atoms with E-state index in [1.165, 1.54) is 0 Å². The lowest BCUT2D eigenvalue weighted by Crippen LogP contribution is -2.13. The van der Waals surface area contributed by atoms with Gasteiger partial charge in [-0.2, -0.15) is 0 Å². The van der Waals surface area contributed by atoms with Crippen molar-refractivity contribution >= 4 is 5.97 Å². The predicted molar refractivity (Wildman–Crippen MR) is 44.0 cm³/mol. The van der Waals surface area contributed by atoms with Crippen LogP contribution in [0.5, 0.6) is 0 Å². The van der Waals surface area contributed by atoms with Crippen molar-refractivity contribution < 1.29 is 23.1 Å². The van der Waals surface area contributed by atoms with Gasteiger partial charge in [0.2, 0.25) is 0 Å². The Hall–Kier alpha value is -1.63. The van der Waals surface area contributed by atoms with Crippen LogP contribution in [0.15, 0.2) is 6.20 Å². The number of pyridine rings is 1. The molecule has 0 aliphatic heterocycles. The molecule has 82 valence electrons. The lowest BCUT2D eigenvalue weighted by atomic mass is 10.1. The van der Waals surface area contributed by atoms with Crippen LogP contribution in [0.1, 0.15) is 28.0 Å². The normalized spacial score (nSPS) is 10.7. The minimum Gasteiger partial charge on any atom is -0.478 e. The average molecular weight is 220 g/mol. The number of hydrogen-bond donors (Lipinski definition) is 2. The fourth-order valence-electron chi connectivity index (χ4n) is 1.06. The molecule has 0 atom stereocenters. The van der Waals surface area contributed by atoms with Crippen molar-refractivity contribution in [1.29, 1.82) is 0 Å². The summed E-state index contributed by atoms with van der Waals surface area (Å²) in [7, 11) is 0. The van der Waals surface area contributed by atoms with Gasteiger partial charge < -0.3 is 10.8 Å². The summed E-state index contributed by atoms with van der Waals surface area (Å²) in [4.78, 5) is 13.9. The average Bonchev–Trinajstić information content (AvgIpc) is 2.16. The van der Waals surface area contributed by atoms with Gasteiger partial charge in [-0.15, -0.1) is 0 Å². The van der Waals surface area contributed by atoms with Crippen LogP contribution in [0.25, 0.3) is 0 Å². The van der Waals surface area contributed by atoms with Gasteiger partial charge in [-0.3, -0.25) is 4.98 Å². The van der Waals surface area contributed by atoms with Crippen molar-refractivity contribution in [3.8, 4) is 0 Å². The third kappa shape index (κ3) is 2.07. The summed E-state index contributed by atoms with van der Waals surface area (Å²) in [6, 6.07) is 0. The molecule has 0 bridgehead atoms. The zero-order chi connectivity index (χ0) is 11.6. The van der Waals surface area contributed by atoms with E-state index in [9.17, 15) is 18.0 Å². The highest BCUT2D eigenvalue weighted by atomic mass is 19.3. The first-order valence-electron chi connectivity index (χ1n) is 3.87. The molecule has 0 spiro atoms. The summed E-state index contributed by atoms with van der Waals surface area (Å²) in [5, 5.41) is 8.57. The van der Waals surface area contributed by atoms with Gasteiger partial charge in [-0.25, -0.2) is 18.0 Å². The van der Waals surface area contributed by atoms with Crippen molar-refractivity contribution in [2.75, 3.05) is 0 Å². The minimum atomic E-state index is -3.09. The monoisotopic (exact) mass is 220 g/mol. The molecule has 3 N–H and O–H groups in total. The summed E-state index contributed by atoms with van der Waals surface area (Å²) in [6.45, 7) is -0.352. The number of hydrogen-bond acceptors (Lipinski definition) is 3. The first-order valence-corrected chi connectivity index (χ1v) is 3.87. The zero-order valence-electron chi connectivity index (χ0n) is 7.38. The SMILES string of the molecule is NCc1ncc(C(F)F)c(C(=O)O)c1F. The Balaban J connectivity index is 3.44. The summed E-state index contributed by atoms with van der Waals surface area (Å²) in [5.74, 6) is -3.07. The number of nitrogens with two attached hydrogens (primary N) is 1. The number of aromatic nitrogens is 1. The number of nitrogens with zero attached hydrogens (tertiary/aromatic N) is 1. The summed E-state index contributed by atoms with van der Waals surface area (Å²) in [5.41, 5.74) is 2.70. The van der Waals surface area contributed by atoms with Gasteiger partial charge in [-0.1, -0.05) is 0 Å². The molecule has 7 heteroatoms. The second-order valence-corrected chi connectivity index (χ2v) is 2.66. The lowest BCUT2D eigenvalue weighted by molar-refractivity contribution is 0.0677. The van der Waals surface area contributed by atoms with Crippen LogP contribution in [-0.4, -0.2) is 16.1 Å². The van der Waals surface area contributed by atoms with E-state index in [1.807, 2.05) is 0 Å². The second-order valence-electron chi connectivity index (χ2n) is 2.66. The van der Waals surface area contributed by atoms with Gasteiger partial charge >= 0.3 is 5.97 Å². The molecular weight excluding hydrogens is 213 g/mol. The van der Waals surface area contributed by atoms with E-state index in [0.717, 1.165) is 0 Å². The standard InChI is InChI=1S/C8H7F3N2O2/c9-6-4(1-12)13-2-3(7(10)11)5(6)8(14)15/h2,7H,1,12H2,(H,14,15). The largest absolute Gasteiger partial charge is 0.478 e. The highest BCUT2D eigenvalue weighted by Crippen LogP contribution is 2.25. The van der Waals surface area contributed by atoms with E-state index in [4.69, 9.17) is 10.8 Å². The van der Waals surface area contributed by atoms with Crippen molar-refractivity contribution in [3.63, 3.8) is 0 Å². The summed E-state index contributed by atoms with van der Waals surface area (Å²) < 4.78 is 37.9. The number of rotatable bonds is 3.